The van der Waals surface area contributed by atoms with E-state index in [0.717, 1.165) is 32.7 Å². The van der Waals surface area contributed by atoms with Gasteiger partial charge in [0.25, 0.3) is 0 Å². The molecule has 0 fully saturated rings. The van der Waals surface area contributed by atoms with E-state index in [1.54, 1.807) is 11.8 Å². The maximum Gasteiger partial charge on any atom is 0.341 e. The number of aryl methyl sites for hydroxylation is 1. The highest BCUT2D eigenvalue weighted by Crippen LogP contribution is 2.40. The third-order valence-electron chi connectivity index (χ3n) is 3.67. The first-order chi connectivity index (χ1) is 12.6. The fraction of sp³-hybridized carbons (Fsp3) is 0.278. The molecule has 3 rings (SSSR count). The predicted molar refractivity (Wildman–Crippen MR) is 112 cm³/mol. The SMILES string of the molecule is COC(=O)c1c(NC(=O)CSC2=NCCS2)sc(C)c1-c1ccccc1. The molecule has 1 aromatic heterocycles. The number of anilines is 1. The van der Waals surface area contributed by atoms with E-state index in [9.17, 15) is 9.59 Å². The highest BCUT2D eigenvalue weighted by atomic mass is 32.2. The van der Waals surface area contributed by atoms with E-state index in [0.29, 0.717) is 10.6 Å². The van der Waals surface area contributed by atoms with Crippen molar-refractivity contribution in [1.82, 2.24) is 0 Å². The summed E-state index contributed by atoms with van der Waals surface area (Å²) in [5.74, 6) is 0.633. The highest BCUT2D eigenvalue weighted by molar-refractivity contribution is 8.39. The number of benzene rings is 1. The molecule has 2 heterocycles. The van der Waals surface area contributed by atoms with Crippen molar-refractivity contribution in [3.05, 3.63) is 40.8 Å². The summed E-state index contributed by atoms with van der Waals surface area (Å²) < 4.78 is 5.91. The van der Waals surface area contributed by atoms with E-state index in [1.807, 2.05) is 37.3 Å². The molecule has 1 amide bonds. The fourth-order valence-electron chi connectivity index (χ4n) is 2.57. The van der Waals surface area contributed by atoms with Crippen molar-refractivity contribution in [2.24, 2.45) is 4.99 Å². The number of ether oxygens (including phenoxy) is 1. The molecule has 0 spiro atoms. The van der Waals surface area contributed by atoms with E-state index in [1.165, 1.54) is 30.2 Å². The number of carbonyl (C=O) groups is 2. The van der Waals surface area contributed by atoms with Crippen LogP contribution >= 0.6 is 34.9 Å². The molecule has 0 unspecified atom stereocenters. The number of hydrogen-bond donors (Lipinski definition) is 1. The third kappa shape index (κ3) is 4.31. The van der Waals surface area contributed by atoms with E-state index in [2.05, 4.69) is 10.3 Å². The molecule has 0 saturated heterocycles. The fourth-order valence-corrected chi connectivity index (χ4v) is 5.46. The van der Waals surface area contributed by atoms with Crippen LogP contribution in [-0.4, -0.2) is 41.4 Å². The van der Waals surface area contributed by atoms with Gasteiger partial charge in [0.15, 0.2) is 0 Å². The quantitative estimate of drug-likeness (QED) is 0.751. The van der Waals surface area contributed by atoms with Crippen LogP contribution in [0.5, 0.6) is 0 Å². The van der Waals surface area contributed by atoms with Crippen molar-refractivity contribution in [2.75, 3.05) is 30.5 Å². The number of aliphatic imine (C=N–C) groups is 1. The van der Waals surface area contributed by atoms with Gasteiger partial charge < -0.3 is 10.1 Å². The molecule has 136 valence electrons. The third-order valence-corrected chi connectivity index (χ3v) is 6.95. The number of carbonyl (C=O) groups excluding carboxylic acids is 2. The summed E-state index contributed by atoms with van der Waals surface area (Å²) in [4.78, 5) is 30.0. The Labute approximate surface area is 164 Å². The Balaban J connectivity index is 1.84. The Morgan fingerprint density at radius 2 is 2.08 bits per heavy atom. The van der Waals surface area contributed by atoms with Gasteiger partial charge in [-0.15, -0.1) is 11.3 Å². The molecular formula is C18H18N2O3S3. The molecule has 5 nitrogen and oxygen atoms in total. The largest absolute Gasteiger partial charge is 0.465 e. The van der Waals surface area contributed by atoms with Crippen LogP contribution in [0.3, 0.4) is 0 Å². The zero-order valence-electron chi connectivity index (χ0n) is 14.4. The Bertz CT molecular complexity index is 847. The van der Waals surface area contributed by atoms with Crippen molar-refractivity contribution >= 4 is 56.1 Å². The second-order valence-electron chi connectivity index (χ2n) is 5.43. The van der Waals surface area contributed by atoms with Gasteiger partial charge in [0.05, 0.1) is 19.4 Å². The van der Waals surface area contributed by atoms with Gasteiger partial charge in [-0.1, -0.05) is 53.9 Å². The van der Waals surface area contributed by atoms with Crippen LogP contribution in [0.15, 0.2) is 35.3 Å². The van der Waals surface area contributed by atoms with E-state index in [4.69, 9.17) is 4.74 Å². The van der Waals surface area contributed by atoms with Gasteiger partial charge in [-0.05, 0) is 12.5 Å². The number of hydrogen-bond acceptors (Lipinski definition) is 7. The lowest BCUT2D eigenvalue weighted by Crippen LogP contribution is -2.16. The van der Waals surface area contributed by atoms with E-state index in [-0.39, 0.29) is 11.7 Å². The van der Waals surface area contributed by atoms with Crippen molar-refractivity contribution in [3.63, 3.8) is 0 Å². The van der Waals surface area contributed by atoms with Gasteiger partial charge in [-0.3, -0.25) is 9.79 Å². The van der Waals surface area contributed by atoms with Gasteiger partial charge >= 0.3 is 5.97 Å². The number of methoxy groups -OCH3 is 1. The second kappa shape index (κ2) is 8.75. The lowest BCUT2D eigenvalue weighted by molar-refractivity contribution is -0.113. The standard InChI is InChI=1S/C18H18N2O3S3/c1-11-14(12-6-4-3-5-7-12)15(17(22)23-2)16(26-11)20-13(21)10-25-18-19-8-9-24-18/h3-7H,8-10H2,1-2H3,(H,20,21). The minimum atomic E-state index is -0.452. The Morgan fingerprint density at radius 1 is 1.31 bits per heavy atom. The van der Waals surface area contributed by atoms with Crippen molar-refractivity contribution in [1.29, 1.82) is 0 Å². The Kier molecular flexibility index (Phi) is 6.39. The normalized spacial score (nSPS) is 13.4. The minimum absolute atomic E-state index is 0.156. The van der Waals surface area contributed by atoms with Gasteiger partial charge in [0, 0.05) is 16.2 Å². The molecule has 8 heteroatoms. The van der Waals surface area contributed by atoms with Crippen molar-refractivity contribution in [2.45, 2.75) is 6.92 Å². The Hall–Kier alpha value is -1.77. The van der Waals surface area contributed by atoms with Crippen LogP contribution in [-0.2, 0) is 9.53 Å². The van der Waals surface area contributed by atoms with Crippen LogP contribution in [0.4, 0.5) is 5.00 Å². The first-order valence-corrected chi connectivity index (χ1v) is 10.8. The molecule has 0 radical (unpaired) electrons. The van der Waals surface area contributed by atoms with Crippen LogP contribution < -0.4 is 5.32 Å². The lowest BCUT2D eigenvalue weighted by Gasteiger charge is -2.08. The summed E-state index contributed by atoms with van der Waals surface area (Å²) >= 11 is 4.48. The molecule has 1 aliphatic rings. The van der Waals surface area contributed by atoms with E-state index < -0.39 is 5.97 Å². The number of rotatable bonds is 5. The lowest BCUT2D eigenvalue weighted by atomic mass is 10.0. The summed E-state index contributed by atoms with van der Waals surface area (Å²) in [6.45, 7) is 2.75. The summed E-state index contributed by atoms with van der Waals surface area (Å²) in [7, 11) is 1.35. The monoisotopic (exact) mass is 406 g/mol. The number of nitrogens with zero attached hydrogens (tertiary/aromatic N) is 1. The van der Waals surface area contributed by atoms with Crippen LogP contribution in [0.25, 0.3) is 11.1 Å². The van der Waals surface area contributed by atoms with Gasteiger partial charge in [-0.25, -0.2) is 4.79 Å². The summed E-state index contributed by atoms with van der Waals surface area (Å²) in [5, 5.41) is 3.40. The summed E-state index contributed by atoms with van der Waals surface area (Å²) in [5.41, 5.74) is 2.14. The highest BCUT2D eigenvalue weighted by Gasteiger charge is 2.25. The van der Waals surface area contributed by atoms with Gasteiger partial charge in [-0.2, -0.15) is 0 Å². The zero-order chi connectivity index (χ0) is 18.5. The maximum atomic E-state index is 12.4. The molecular weight excluding hydrogens is 388 g/mol. The number of amides is 1. The molecule has 0 aliphatic carbocycles. The summed E-state index contributed by atoms with van der Waals surface area (Å²) in [6.07, 6.45) is 0. The van der Waals surface area contributed by atoms with Crippen LogP contribution in [0, 0.1) is 6.92 Å². The number of thioether (sulfide) groups is 2. The molecule has 0 saturated carbocycles. The van der Waals surface area contributed by atoms with Gasteiger partial charge in [0.1, 0.15) is 14.9 Å². The molecule has 2 aromatic rings. The number of nitrogens with one attached hydrogen (secondary N) is 1. The molecule has 1 aromatic carbocycles. The summed E-state index contributed by atoms with van der Waals surface area (Å²) in [6, 6.07) is 9.65. The number of esters is 1. The smallest absolute Gasteiger partial charge is 0.341 e. The van der Waals surface area contributed by atoms with Crippen molar-refractivity contribution < 1.29 is 14.3 Å². The predicted octanol–water partition coefficient (Wildman–Crippen LogP) is 4.28. The first-order valence-electron chi connectivity index (χ1n) is 7.97. The van der Waals surface area contributed by atoms with Crippen LogP contribution in [0.1, 0.15) is 15.2 Å². The number of thiophene rings is 1. The average molecular weight is 407 g/mol. The van der Waals surface area contributed by atoms with Crippen LogP contribution in [0.2, 0.25) is 0 Å². The topological polar surface area (TPSA) is 67.8 Å². The zero-order valence-corrected chi connectivity index (χ0v) is 16.9. The molecule has 26 heavy (non-hydrogen) atoms. The minimum Gasteiger partial charge on any atom is -0.465 e. The average Bonchev–Trinajstić information content (AvgIpc) is 3.27. The Morgan fingerprint density at radius 3 is 2.73 bits per heavy atom. The molecule has 0 bridgehead atoms. The second-order valence-corrected chi connectivity index (χ2v) is 8.96. The van der Waals surface area contributed by atoms with E-state index >= 15 is 0 Å². The molecule has 1 N–H and O–H groups in total. The molecule has 1 aliphatic heterocycles. The van der Waals surface area contributed by atoms with Crippen molar-refractivity contribution in [3.8, 4) is 11.1 Å². The maximum absolute atomic E-state index is 12.4. The molecule has 0 atom stereocenters. The first kappa shape index (κ1) is 19.0. The van der Waals surface area contributed by atoms with Gasteiger partial charge in [0.2, 0.25) is 5.91 Å².